The number of amides is 2. The number of hydrogen-bond donors (Lipinski definition) is 7. The van der Waals surface area contributed by atoms with Crippen LogP contribution in [0.3, 0.4) is 0 Å². The largest absolute Gasteiger partial charge is 0.480 e. The van der Waals surface area contributed by atoms with Gasteiger partial charge in [0.1, 0.15) is 12.1 Å². The Bertz CT molecular complexity index is 536. The summed E-state index contributed by atoms with van der Waals surface area (Å²) in [4.78, 5) is 46.2. The number of carboxylic acids is 2. The standard InChI is InChI=1S/C8H16N4O3.C8H16N2O3/c1-5(13)12-6(7(14)15)3-2-4-11-8(9)10;1-6(11)10-7(8(12)13)4-2-3-5-9/h6H,2-4H2,1H3,(H,12,13)(H,14,15)(H4,9,10,11);7H,2-5,9H2,1H3,(H,10,11)(H,12,13). The number of carboxylic acid groups (broad SMARTS) is 2. The summed E-state index contributed by atoms with van der Waals surface area (Å²) in [5, 5.41) is 22.1. The van der Waals surface area contributed by atoms with E-state index in [2.05, 4.69) is 15.6 Å². The van der Waals surface area contributed by atoms with Crippen molar-refractivity contribution >= 4 is 29.7 Å². The van der Waals surface area contributed by atoms with Gasteiger partial charge in [-0.25, -0.2) is 9.59 Å². The zero-order chi connectivity index (χ0) is 22.1. The first-order chi connectivity index (χ1) is 13.0. The molecule has 0 aromatic carbocycles. The average molecular weight is 404 g/mol. The van der Waals surface area contributed by atoms with Gasteiger partial charge in [-0.15, -0.1) is 0 Å². The fourth-order valence-corrected chi connectivity index (χ4v) is 2.00. The number of hydrogen-bond acceptors (Lipinski definition) is 6. The minimum absolute atomic E-state index is 0.0265. The molecule has 0 aromatic heterocycles. The molecule has 162 valence electrons. The van der Waals surface area contributed by atoms with Crippen LogP contribution < -0.4 is 27.8 Å². The third-order valence-electron chi connectivity index (χ3n) is 3.24. The van der Waals surface area contributed by atoms with E-state index < -0.39 is 24.0 Å². The van der Waals surface area contributed by atoms with E-state index in [1.165, 1.54) is 13.8 Å². The molecule has 0 bridgehead atoms. The second-order valence-electron chi connectivity index (χ2n) is 5.92. The smallest absolute Gasteiger partial charge is 0.326 e. The highest BCUT2D eigenvalue weighted by atomic mass is 16.4. The van der Waals surface area contributed by atoms with E-state index in [0.717, 1.165) is 6.42 Å². The van der Waals surface area contributed by atoms with Crippen molar-refractivity contribution < 1.29 is 29.4 Å². The second kappa shape index (κ2) is 16.3. The summed E-state index contributed by atoms with van der Waals surface area (Å²) in [6, 6.07) is -1.65. The van der Waals surface area contributed by atoms with Gasteiger partial charge in [-0.05, 0) is 38.6 Å². The summed E-state index contributed by atoms with van der Waals surface area (Å²) < 4.78 is 0. The van der Waals surface area contributed by atoms with E-state index in [-0.39, 0.29) is 17.8 Å². The van der Waals surface area contributed by atoms with Gasteiger partial charge < -0.3 is 38.0 Å². The molecule has 2 unspecified atom stereocenters. The highest BCUT2D eigenvalue weighted by Gasteiger charge is 2.17. The topological polar surface area (TPSA) is 223 Å². The molecule has 0 aliphatic carbocycles. The molecule has 0 fully saturated rings. The van der Waals surface area contributed by atoms with Crippen molar-refractivity contribution in [1.29, 1.82) is 0 Å². The number of nitrogens with two attached hydrogens (primary N) is 3. The molecule has 0 aliphatic rings. The molecule has 12 heteroatoms. The monoisotopic (exact) mass is 404 g/mol. The normalized spacial score (nSPS) is 11.8. The molecule has 0 radical (unpaired) electrons. The third kappa shape index (κ3) is 17.9. The zero-order valence-electron chi connectivity index (χ0n) is 16.3. The van der Waals surface area contributed by atoms with E-state index in [1.807, 2.05) is 0 Å². The minimum Gasteiger partial charge on any atom is -0.480 e. The van der Waals surface area contributed by atoms with E-state index in [9.17, 15) is 19.2 Å². The van der Waals surface area contributed by atoms with Crippen LogP contribution in [0.2, 0.25) is 0 Å². The third-order valence-corrected chi connectivity index (χ3v) is 3.24. The van der Waals surface area contributed by atoms with Crippen LogP contribution in [-0.4, -0.2) is 65.1 Å². The average Bonchev–Trinajstić information content (AvgIpc) is 2.56. The Balaban J connectivity index is 0. The summed E-state index contributed by atoms with van der Waals surface area (Å²) in [6.45, 7) is 3.48. The summed E-state index contributed by atoms with van der Waals surface area (Å²) in [6.07, 6.45) is 2.73. The maximum absolute atomic E-state index is 10.7. The van der Waals surface area contributed by atoms with E-state index >= 15 is 0 Å². The highest BCUT2D eigenvalue weighted by Crippen LogP contribution is 2.00. The van der Waals surface area contributed by atoms with Crippen LogP contribution in [-0.2, 0) is 19.2 Å². The van der Waals surface area contributed by atoms with Gasteiger partial charge in [-0.3, -0.25) is 14.6 Å². The molecule has 2 amide bonds. The Morgan fingerprint density at radius 3 is 1.61 bits per heavy atom. The van der Waals surface area contributed by atoms with Gasteiger partial charge in [0.15, 0.2) is 5.96 Å². The van der Waals surface area contributed by atoms with Gasteiger partial charge in [0.2, 0.25) is 11.8 Å². The quantitative estimate of drug-likeness (QED) is 0.112. The van der Waals surface area contributed by atoms with E-state index in [0.29, 0.717) is 38.8 Å². The van der Waals surface area contributed by atoms with E-state index in [4.69, 9.17) is 27.4 Å². The van der Waals surface area contributed by atoms with Crippen molar-refractivity contribution in [3.05, 3.63) is 0 Å². The first-order valence-electron chi connectivity index (χ1n) is 8.76. The van der Waals surface area contributed by atoms with Crippen molar-refractivity contribution in [2.24, 2.45) is 22.2 Å². The second-order valence-corrected chi connectivity index (χ2v) is 5.92. The Morgan fingerprint density at radius 2 is 1.29 bits per heavy atom. The Kier molecular flexibility index (Phi) is 15.9. The molecular formula is C16H32N6O6. The zero-order valence-corrected chi connectivity index (χ0v) is 16.3. The number of rotatable bonds is 12. The lowest BCUT2D eigenvalue weighted by atomic mass is 10.1. The van der Waals surface area contributed by atoms with Crippen LogP contribution in [0.25, 0.3) is 0 Å². The first-order valence-corrected chi connectivity index (χ1v) is 8.76. The van der Waals surface area contributed by atoms with Crippen molar-refractivity contribution in [2.75, 3.05) is 13.1 Å². The van der Waals surface area contributed by atoms with E-state index in [1.54, 1.807) is 0 Å². The molecule has 28 heavy (non-hydrogen) atoms. The van der Waals surface area contributed by atoms with Gasteiger partial charge in [-0.1, -0.05) is 0 Å². The summed E-state index contributed by atoms with van der Waals surface area (Å²) >= 11 is 0. The maximum atomic E-state index is 10.7. The molecule has 0 aliphatic heterocycles. The summed E-state index contributed by atoms with van der Waals surface area (Å²) in [5.41, 5.74) is 15.4. The van der Waals surface area contributed by atoms with Gasteiger partial charge in [-0.2, -0.15) is 0 Å². The lowest BCUT2D eigenvalue weighted by molar-refractivity contribution is -0.142. The number of nitrogens with zero attached hydrogens (tertiary/aromatic N) is 1. The van der Waals surface area contributed by atoms with Gasteiger partial charge in [0.25, 0.3) is 0 Å². The van der Waals surface area contributed by atoms with Crippen LogP contribution in [0.5, 0.6) is 0 Å². The molecule has 0 saturated carbocycles. The number of guanidine groups is 1. The van der Waals surface area contributed by atoms with Crippen LogP contribution in [0, 0.1) is 0 Å². The molecule has 0 rings (SSSR count). The fourth-order valence-electron chi connectivity index (χ4n) is 2.00. The van der Waals surface area contributed by atoms with Crippen LogP contribution >= 0.6 is 0 Å². The SMILES string of the molecule is CC(=O)NC(CCCCN)C(=O)O.CC(=O)NC(CCCN=C(N)N)C(=O)O. The van der Waals surface area contributed by atoms with Crippen LogP contribution in [0.4, 0.5) is 0 Å². The highest BCUT2D eigenvalue weighted by molar-refractivity contribution is 5.82. The Hall–Kier alpha value is -2.89. The van der Waals surface area contributed by atoms with Gasteiger partial charge >= 0.3 is 11.9 Å². The van der Waals surface area contributed by atoms with Gasteiger partial charge in [0, 0.05) is 20.4 Å². The van der Waals surface area contributed by atoms with Crippen molar-refractivity contribution in [1.82, 2.24) is 10.6 Å². The lowest BCUT2D eigenvalue weighted by Gasteiger charge is -2.12. The Labute approximate surface area is 163 Å². The number of unbranched alkanes of at least 4 members (excludes halogenated alkanes) is 1. The molecular weight excluding hydrogens is 372 g/mol. The lowest BCUT2D eigenvalue weighted by Crippen LogP contribution is -2.39. The number of aliphatic carboxylic acids is 2. The van der Waals surface area contributed by atoms with Crippen molar-refractivity contribution in [2.45, 2.75) is 58.0 Å². The number of carbonyl (C=O) groups excluding carboxylic acids is 2. The predicted molar refractivity (Wildman–Crippen MR) is 103 cm³/mol. The number of nitrogens with one attached hydrogen (secondary N) is 2. The molecule has 0 spiro atoms. The molecule has 0 heterocycles. The van der Waals surface area contributed by atoms with Crippen molar-refractivity contribution in [3.8, 4) is 0 Å². The molecule has 12 nitrogen and oxygen atoms in total. The molecule has 10 N–H and O–H groups in total. The predicted octanol–water partition coefficient (Wildman–Crippen LogP) is -1.67. The first kappa shape index (κ1) is 27.3. The molecule has 0 aromatic rings. The Morgan fingerprint density at radius 1 is 0.857 bits per heavy atom. The summed E-state index contributed by atoms with van der Waals surface area (Å²) in [7, 11) is 0. The maximum Gasteiger partial charge on any atom is 0.326 e. The summed E-state index contributed by atoms with van der Waals surface area (Å²) in [5.74, 6) is -2.77. The van der Waals surface area contributed by atoms with Crippen LogP contribution in [0.1, 0.15) is 46.0 Å². The number of aliphatic imine (C=N–C) groups is 1. The minimum atomic E-state index is -1.06. The number of carbonyl (C=O) groups is 4. The fraction of sp³-hybridized carbons (Fsp3) is 0.688. The van der Waals surface area contributed by atoms with Crippen LogP contribution in [0.15, 0.2) is 4.99 Å². The molecule has 0 saturated heterocycles. The molecule has 2 atom stereocenters. The van der Waals surface area contributed by atoms with Crippen molar-refractivity contribution in [3.63, 3.8) is 0 Å². The van der Waals surface area contributed by atoms with Gasteiger partial charge in [0.05, 0.1) is 0 Å².